The quantitative estimate of drug-likeness (QED) is 0.888. The third kappa shape index (κ3) is 2.23. The highest BCUT2D eigenvalue weighted by Gasteiger charge is 2.19. The van der Waals surface area contributed by atoms with E-state index in [2.05, 4.69) is 35.3 Å². The van der Waals surface area contributed by atoms with Crippen molar-refractivity contribution < 1.29 is 0 Å². The highest BCUT2D eigenvalue weighted by molar-refractivity contribution is 5.42. The molecular weight excluding hydrogens is 220 g/mol. The summed E-state index contributed by atoms with van der Waals surface area (Å²) in [5.41, 5.74) is 9.83. The molecule has 0 bridgehead atoms. The lowest BCUT2D eigenvalue weighted by molar-refractivity contribution is 0.419. The van der Waals surface area contributed by atoms with Crippen molar-refractivity contribution in [3.05, 3.63) is 59.3 Å². The minimum Gasteiger partial charge on any atom is -0.383 e. The van der Waals surface area contributed by atoms with Gasteiger partial charge in [0, 0.05) is 12.6 Å². The van der Waals surface area contributed by atoms with Gasteiger partial charge in [-0.3, -0.25) is 0 Å². The Morgan fingerprint density at radius 1 is 1.17 bits per heavy atom. The maximum atomic E-state index is 5.89. The van der Waals surface area contributed by atoms with Gasteiger partial charge in [-0.15, -0.1) is 0 Å². The van der Waals surface area contributed by atoms with E-state index in [1.54, 1.807) is 6.20 Å². The fourth-order valence-corrected chi connectivity index (χ4v) is 2.52. The zero-order valence-corrected chi connectivity index (χ0v) is 10.5. The van der Waals surface area contributed by atoms with E-state index >= 15 is 0 Å². The van der Waals surface area contributed by atoms with Crippen molar-refractivity contribution in [2.24, 2.45) is 0 Å². The number of hydrogen-bond acceptors (Lipinski definition) is 2. The van der Waals surface area contributed by atoms with Crippen LogP contribution in [-0.2, 0) is 6.42 Å². The topological polar surface area (TPSA) is 38.9 Å². The largest absolute Gasteiger partial charge is 0.383 e. The molecular formula is C16H18N2. The van der Waals surface area contributed by atoms with E-state index in [9.17, 15) is 0 Å². The second-order valence-corrected chi connectivity index (χ2v) is 5.10. The van der Waals surface area contributed by atoms with Crippen molar-refractivity contribution in [2.45, 2.75) is 31.6 Å². The molecule has 18 heavy (non-hydrogen) atoms. The first-order valence-corrected chi connectivity index (χ1v) is 6.61. The summed E-state index contributed by atoms with van der Waals surface area (Å²) in [6.45, 7) is 0. The molecule has 2 nitrogen and oxygen atoms in total. The van der Waals surface area contributed by atoms with Gasteiger partial charge in [-0.2, -0.15) is 0 Å². The Labute approximate surface area is 108 Å². The maximum Gasteiger partial charge on any atom is 0.126 e. The van der Waals surface area contributed by atoms with Crippen LogP contribution in [0, 0.1) is 0 Å². The molecule has 1 aliphatic rings. The molecule has 0 amide bonds. The Morgan fingerprint density at radius 3 is 2.78 bits per heavy atom. The van der Waals surface area contributed by atoms with Gasteiger partial charge in [-0.05, 0) is 41.5 Å². The predicted molar refractivity (Wildman–Crippen MR) is 74.5 cm³/mol. The van der Waals surface area contributed by atoms with Crippen LogP contribution in [-0.4, -0.2) is 4.98 Å². The van der Waals surface area contributed by atoms with Crippen molar-refractivity contribution in [2.75, 3.05) is 5.73 Å². The highest BCUT2D eigenvalue weighted by atomic mass is 14.8. The average molecular weight is 238 g/mol. The van der Waals surface area contributed by atoms with Crippen LogP contribution in [0.2, 0.25) is 0 Å². The smallest absolute Gasteiger partial charge is 0.126 e. The lowest BCUT2D eigenvalue weighted by Crippen LogP contribution is -2.09. The molecule has 1 saturated carbocycles. The third-order valence-corrected chi connectivity index (χ3v) is 3.85. The van der Waals surface area contributed by atoms with E-state index in [1.165, 1.54) is 30.4 Å². The van der Waals surface area contributed by atoms with Crippen LogP contribution >= 0.6 is 0 Å². The van der Waals surface area contributed by atoms with Gasteiger partial charge in [0.25, 0.3) is 0 Å². The van der Waals surface area contributed by atoms with Gasteiger partial charge in [0.2, 0.25) is 0 Å². The van der Waals surface area contributed by atoms with Gasteiger partial charge in [0.15, 0.2) is 0 Å². The molecule has 0 aliphatic heterocycles. The van der Waals surface area contributed by atoms with E-state index in [1.807, 2.05) is 6.07 Å². The van der Waals surface area contributed by atoms with E-state index < -0.39 is 0 Å². The van der Waals surface area contributed by atoms with Crippen LogP contribution in [0.1, 0.15) is 41.9 Å². The maximum absolute atomic E-state index is 5.89. The monoisotopic (exact) mass is 238 g/mol. The van der Waals surface area contributed by atoms with Gasteiger partial charge >= 0.3 is 0 Å². The molecule has 2 aromatic rings. The molecule has 1 aliphatic carbocycles. The summed E-state index contributed by atoms with van der Waals surface area (Å²) < 4.78 is 0. The first kappa shape index (κ1) is 11.3. The van der Waals surface area contributed by atoms with E-state index in [0.717, 1.165) is 17.9 Å². The lowest BCUT2D eigenvalue weighted by atomic mass is 9.79. The zero-order valence-electron chi connectivity index (χ0n) is 10.5. The Hall–Kier alpha value is -1.83. The molecule has 1 fully saturated rings. The second-order valence-electron chi connectivity index (χ2n) is 5.10. The van der Waals surface area contributed by atoms with Crippen molar-refractivity contribution in [3.8, 4) is 0 Å². The number of benzene rings is 1. The summed E-state index contributed by atoms with van der Waals surface area (Å²) in [6.07, 6.45) is 6.69. The Bertz CT molecular complexity index is 544. The molecule has 0 unspecified atom stereocenters. The molecule has 2 N–H and O–H groups in total. The van der Waals surface area contributed by atoms with Crippen molar-refractivity contribution in [1.29, 1.82) is 0 Å². The van der Waals surface area contributed by atoms with Gasteiger partial charge < -0.3 is 5.73 Å². The van der Waals surface area contributed by atoms with Crippen LogP contribution in [0.3, 0.4) is 0 Å². The van der Waals surface area contributed by atoms with Gasteiger partial charge in [-0.25, -0.2) is 4.98 Å². The number of anilines is 1. The van der Waals surface area contributed by atoms with Gasteiger partial charge in [0.05, 0.1) is 0 Å². The third-order valence-electron chi connectivity index (χ3n) is 3.85. The molecule has 3 rings (SSSR count). The van der Waals surface area contributed by atoms with Crippen LogP contribution in [0.5, 0.6) is 0 Å². The first-order valence-electron chi connectivity index (χ1n) is 6.61. The number of nitrogen functional groups attached to an aromatic ring is 1. The van der Waals surface area contributed by atoms with Gasteiger partial charge in [0.1, 0.15) is 5.82 Å². The minimum atomic E-state index is 0.645. The molecule has 92 valence electrons. The SMILES string of the molecule is Nc1ncccc1Cc1cccc(C2CCC2)c1. The summed E-state index contributed by atoms with van der Waals surface area (Å²) in [7, 11) is 0. The predicted octanol–water partition coefficient (Wildman–Crippen LogP) is 3.52. The van der Waals surface area contributed by atoms with Crippen molar-refractivity contribution in [3.63, 3.8) is 0 Å². The summed E-state index contributed by atoms with van der Waals surface area (Å²) in [6, 6.07) is 12.9. The fraction of sp³-hybridized carbons (Fsp3) is 0.312. The molecule has 1 aromatic heterocycles. The average Bonchev–Trinajstić information content (AvgIpc) is 2.31. The van der Waals surface area contributed by atoms with E-state index in [-0.39, 0.29) is 0 Å². The fourth-order valence-electron chi connectivity index (χ4n) is 2.52. The normalized spacial score (nSPS) is 15.3. The number of nitrogens with two attached hydrogens (primary N) is 1. The Balaban J connectivity index is 1.82. The van der Waals surface area contributed by atoms with Crippen molar-refractivity contribution in [1.82, 2.24) is 4.98 Å². The summed E-state index contributed by atoms with van der Waals surface area (Å²) in [5, 5.41) is 0. The second kappa shape index (κ2) is 4.81. The molecule has 1 aromatic carbocycles. The number of hydrogen-bond donors (Lipinski definition) is 1. The number of rotatable bonds is 3. The van der Waals surface area contributed by atoms with Crippen LogP contribution in [0.4, 0.5) is 5.82 Å². The first-order chi connectivity index (χ1) is 8.83. The Morgan fingerprint density at radius 2 is 2.06 bits per heavy atom. The van der Waals surface area contributed by atoms with E-state index in [4.69, 9.17) is 5.73 Å². The molecule has 1 heterocycles. The Kier molecular flexibility index (Phi) is 3.01. The molecule has 2 heteroatoms. The molecule has 0 spiro atoms. The lowest BCUT2D eigenvalue weighted by Gasteiger charge is -2.26. The van der Waals surface area contributed by atoms with Crippen LogP contribution < -0.4 is 5.73 Å². The number of nitrogens with zero attached hydrogens (tertiary/aromatic N) is 1. The summed E-state index contributed by atoms with van der Waals surface area (Å²) >= 11 is 0. The van der Waals surface area contributed by atoms with Crippen LogP contribution in [0.25, 0.3) is 0 Å². The molecule has 0 saturated heterocycles. The summed E-state index contributed by atoms with van der Waals surface area (Å²) in [4.78, 5) is 4.14. The molecule has 0 radical (unpaired) electrons. The summed E-state index contributed by atoms with van der Waals surface area (Å²) in [5.74, 6) is 1.43. The van der Waals surface area contributed by atoms with Crippen LogP contribution in [0.15, 0.2) is 42.6 Å². The number of pyridine rings is 1. The van der Waals surface area contributed by atoms with E-state index in [0.29, 0.717) is 5.82 Å². The standard InChI is InChI=1S/C16H18N2/c17-16-15(8-3-9-18-16)11-12-4-1-7-14(10-12)13-5-2-6-13/h1,3-4,7-10,13H,2,5-6,11H2,(H2,17,18). The number of aromatic nitrogens is 1. The van der Waals surface area contributed by atoms with Gasteiger partial charge in [-0.1, -0.05) is 36.8 Å². The van der Waals surface area contributed by atoms with Crippen molar-refractivity contribution >= 4 is 5.82 Å². The highest BCUT2D eigenvalue weighted by Crippen LogP contribution is 2.36. The zero-order chi connectivity index (χ0) is 12.4. The minimum absolute atomic E-state index is 0.645. The molecule has 0 atom stereocenters.